The molecule has 0 aliphatic carbocycles. The molecule has 0 saturated heterocycles. The minimum absolute atomic E-state index is 0.167. The Morgan fingerprint density at radius 3 is 2.65 bits per heavy atom. The van der Waals surface area contributed by atoms with E-state index in [1.165, 1.54) is 10.9 Å². The largest absolute Gasteiger partial charge is 0.342 e. The van der Waals surface area contributed by atoms with Crippen molar-refractivity contribution in [3.63, 3.8) is 0 Å². The van der Waals surface area contributed by atoms with Crippen LogP contribution < -0.4 is 4.90 Å². The fourth-order valence-electron chi connectivity index (χ4n) is 4.28. The summed E-state index contributed by atoms with van der Waals surface area (Å²) in [6.45, 7) is 1.50. The molecule has 156 valence electrons. The summed E-state index contributed by atoms with van der Waals surface area (Å²) in [6, 6.07) is 24.6. The Labute approximate surface area is 191 Å². The highest BCUT2D eigenvalue weighted by Gasteiger charge is 2.22. The van der Waals surface area contributed by atoms with Crippen LogP contribution in [0.5, 0.6) is 0 Å². The Balaban J connectivity index is 1.38. The summed E-state index contributed by atoms with van der Waals surface area (Å²) in [5.41, 5.74) is 4.58. The van der Waals surface area contributed by atoms with Crippen LogP contribution in [0.4, 0.5) is 5.69 Å². The van der Waals surface area contributed by atoms with Gasteiger partial charge < -0.3 is 9.47 Å². The summed E-state index contributed by atoms with van der Waals surface area (Å²) in [5.74, 6) is 0.592. The van der Waals surface area contributed by atoms with Crippen LogP contribution in [0.25, 0.3) is 10.9 Å². The smallest absolute Gasteiger partial charge is 0.237 e. The molecule has 0 fully saturated rings. The third-order valence-corrected chi connectivity index (χ3v) is 7.21. The number of aryl methyl sites for hydroxylation is 1. The fraction of sp³-hybridized carbons (Fsp3) is 0.192. The topological polar surface area (TPSA) is 25.2 Å². The minimum Gasteiger partial charge on any atom is -0.342 e. The van der Waals surface area contributed by atoms with E-state index in [0.717, 1.165) is 46.1 Å². The molecule has 0 radical (unpaired) electrons. The lowest BCUT2D eigenvalue weighted by molar-refractivity contribution is -0.116. The second kappa shape index (κ2) is 8.81. The van der Waals surface area contributed by atoms with Crippen molar-refractivity contribution in [1.29, 1.82) is 0 Å². The molecule has 2 heterocycles. The van der Waals surface area contributed by atoms with Crippen molar-refractivity contribution in [2.45, 2.75) is 24.3 Å². The number of benzene rings is 3. The van der Waals surface area contributed by atoms with Crippen molar-refractivity contribution >= 4 is 45.9 Å². The SMILES string of the molecule is O=C(CSc1cn(Cc2ccccc2Cl)c2ccccc12)N1CCCc2ccccc21. The fourth-order valence-corrected chi connectivity index (χ4v) is 5.44. The average Bonchev–Trinajstić information content (AvgIpc) is 3.16. The first-order valence-electron chi connectivity index (χ1n) is 10.5. The highest BCUT2D eigenvalue weighted by atomic mass is 35.5. The van der Waals surface area contributed by atoms with E-state index in [1.807, 2.05) is 29.2 Å². The number of anilines is 1. The number of hydrogen-bond acceptors (Lipinski definition) is 2. The van der Waals surface area contributed by atoms with E-state index in [-0.39, 0.29) is 5.91 Å². The highest BCUT2D eigenvalue weighted by Crippen LogP contribution is 2.33. The van der Waals surface area contributed by atoms with Crippen molar-refractivity contribution in [1.82, 2.24) is 4.57 Å². The zero-order chi connectivity index (χ0) is 21.2. The quantitative estimate of drug-likeness (QED) is 0.331. The number of aromatic nitrogens is 1. The number of carbonyl (C=O) groups is 1. The van der Waals surface area contributed by atoms with E-state index >= 15 is 0 Å². The molecule has 3 aromatic carbocycles. The average molecular weight is 447 g/mol. The van der Waals surface area contributed by atoms with Gasteiger partial charge in [0.25, 0.3) is 0 Å². The lowest BCUT2D eigenvalue weighted by Gasteiger charge is -2.29. The van der Waals surface area contributed by atoms with Crippen molar-refractivity contribution in [2.75, 3.05) is 17.2 Å². The summed E-state index contributed by atoms with van der Waals surface area (Å²) in [6.07, 6.45) is 4.21. The molecule has 1 aliphatic heterocycles. The number of nitrogens with zero attached hydrogens (tertiary/aromatic N) is 2. The van der Waals surface area contributed by atoms with Gasteiger partial charge >= 0.3 is 0 Å². The maximum atomic E-state index is 13.1. The van der Waals surface area contributed by atoms with Crippen molar-refractivity contribution < 1.29 is 4.79 Å². The molecule has 4 aromatic rings. The monoisotopic (exact) mass is 446 g/mol. The van der Waals surface area contributed by atoms with Crippen LogP contribution in [0, 0.1) is 0 Å². The van der Waals surface area contributed by atoms with Crippen LogP contribution in [0.1, 0.15) is 17.5 Å². The molecule has 5 heteroatoms. The molecule has 1 amide bonds. The van der Waals surface area contributed by atoms with E-state index in [2.05, 4.69) is 59.3 Å². The molecule has 0 saturated carbocycles. The van der Waals surface area contributed by atoms with E-state index in [0.29, 0.717) is 12.3 Å². The van der Waals surface area contributed by atoms with Gasteiger partial charge in [-0.1, -0.05) is 66.2 Å². The number of amides is 1. The minimum atomic E-state index is 0.167. The van der Waals surface area contributed by atoms with E-state index in [9.17, 15) is 4.79 Å². The Morgan fingerprint density at radius 2 is 1.74 bits per heavy atom. The third kappa shape index (κ3) is 4.10. The number of halogens is 1. The standard InChI is InChI=1S/C26H23ClN2OS/c27-22-12-4-1-9-20(22)16-28-17-25(21-11-3-6-14-24(21)28)31-18-26(30)29-15-7-10-19-8-2-5-13-23(19)29/h1-6,8-9,11-14,17H,7,10,15-16,18H2. The van der Waals surface area contributed by atoms with Gasteiger partial charge in [-0.2, -0.15) is 0 Å². The van der Waals surface area contributed by atoms with Gasteiger partial charge in [0, 0.05) is 45.8 Å². The number of rotatable bonds is 5. The molecule has 1 aromatic heterocycles. The summed E-state index contributed by atoms with van der Waals surface area (Å²) in [5, 5.41) is 1.94. The molecular formula is C26H23ClN2OS. The molecule has 0 atom stereocenters. The van der Waals surface area contributed by atoms with Crippen molar-refractivity contribution in [3.05, 3.63) is 95.1 Å². The molecule has 1 aliphatic rings. The maximum absolute atomic E-state index is 13.1. The molecule has 31 heavy (non-hydrogen) atoms. The Bertz CT molecular complexity index is 1250. The highest BCUT2D eigenvalue weighted by molar-refractivity contribution is 8.00. The molecule has 3 nitrogen and oxygen atoms in total. The van der Waals surface area contributed by atoms with Gasteiger partial charge in [0.05, 0.1) is 5.75 Å². The van der Waals surface area contributed by atoms with Crippen LogP contribution in [0.3, 0.4) is 0 Å². The van der Waals surface area contributed by atoms with Crippen LogP contribution in [-0.2, 0) is 17.8 Å². The van der Waals surface area contributed by atoms with E-state index < -0.39 is 0 Å². The number of para-hydroxylation sites is 2. The first kappa shape index (κ1) is 20.2. The van der Waals surface area contributed by atoms with Crippen molar-refractivity contribution in [3.8, 4) is 0 Å². The Kier molecular flexibility index (Phi) is 5.75. The van der Waals surface area contributed by atoms with Gasteiger partial charge in [-0.25, -0.2) is 0 Å². The summed E-state index contributed by atoms with van der Waals surface area (Å²) in [7, 11) is 0. The van der Waals surface area contributed by atoms with Gasteiger partial charge in [0.15, 0.2) is 0 Å². The molecule has 5 rings (SSSR count). The zero-order valence-corrected chi connectivity index (χ0v) is 18.7. The van der Waals surface area contributed by atoms with Crippen LogP contribution in [-0.4, -0.2) is 22.8 Å². The normalized spacial score (nSPS) is 13.4. The lowest BCUT2D eigenvalue weighted by Crippen LogP contribution is -2.36. The van der Waals surface area contributed by atoms with Gasteiger partial charge in [0.2, 0.25) is 5.91 Å². The molecule has 0 bridgehead atoms. The number of thioether (sulfide) groups is 1. The summed E-state index contributed by atoms with van der Waals surface area (Å²) >= 11 is 8.01. The predicted molar refractivity (Wildman–Crippen MR) is 130 cm³/mol. The lowest BCUT2D eigenvalue weighted by atomic mass is 10.0. The molecular weight excluding hydrogens is 424 g/mol. The first-order chi connectivity index (χ1) is 15.2. The summed E-state index contributed by atoms with van der Waals surface area (Å²) < 4.78 is 2.22. The Morgan fingerprint density at radius 1 is 0.968 bits per heavy atom. The van der Waals surface area contributed by atoms with Gasteiger partial charge in [-0.05, 0) is 42.2 Å². The Hall–Kier alpha value is -2.69. The van der Waals surface area contributed by atoms with E-state index in [4.69, 9.17) is 11.6 Å². The first-order valence-corrected chi connectivity index (χ1v) is 11.9. The number of carbonyl (C=O) groups excluding carboxylic acids is 1. The summed E-state index contributed by atoms with van der Waals surface area (Å²) in [4.78, 5) is 16.2. The zero-order valence-electron chi connectivity index (χ0n) is 17.1. The van der Waals surface area contributed by atoms with Crippen LogP contribution >= 0.6 is 23.4 Å². The molecule has 0 spiro atoms. The second-order valence-corrected chi connectivity index (χ2v) is 9.22. The van der Waals surface area contributed by atoms with Gasteiger partial charge in [-0.15, -0.1) is 11.8 Å². The molecule has 0 unspecified atom stereocenters. The third-order valence-electron chi connectivity index (χ3n) is 5.81. The molecule has 0 N–H and O–H groups in total. The van der Waals surface area contributed by atoms with Gasteiger partial charge in [0.1, 0.15) is 0 Å². The predicted octanol–water partition coefficient (Wildman–Crippen LogP) is 6.41. The maximum Gasteiger partial charge on any atom is 0.237 e. The van der Waals surface area contributed by atoms with Gasteiger partial charge in [-0.3, -0.25) is 4.79 Å². The van der Waals surface area contributed by atoms with Crippen molar-refractivity contribution in [2.24, 2.45) is 0 Å². The second-order valence-electron chi connectivity index (χ2n) is 7.80. The number of fused-ring (bicyclic) bond motifs is 2. The van der Waals surface area contributed by atoms with Crippen LogP contribution in [0.15, 0.2) is 83.9 Å². The van der Waals surface area contributed by atoms with Crippen LogP contribution in [0.2, 0.25) is 5.02 Å². The number of hydrogen-bond donors (Lipinski definition) is 0. The van der Waals surface area contributed by atoms with E-state index in [1.54, 1.807) is 11.8 Å².